The molecule has 1 fully saturated rings. The summed E-state index contributed by atoms with van der Waals surface area (Å²) in [5, 5.41) is 3.61. The van der Waals surface area contributed by atoms with Gasteiger partial charge in [0.15, 0.2) is 11.4 Å². The van der Waals surface area contributed by atoms with Crippen molar-refractivity contribution in [3.05, 3.63) is 16.6 Å². The lowest BCUT2D eigenvalue weighted by molar-refractivity contribution is -0.211. The first kappa shape index (κ1) is 15.8. The van der Waals surface area contributed by atoms with E-state index in [2.05, 4.69) is 15.3 Å². The third kappa shape index (κ3) is 4.74. The van der Waals surface area contributed by atoms with Crippen LogP contribution in [-0.4, -0.2) is 35.0 Å². The van der Waals surface area contributed by atoms with Crippen LogP contribution in [0.5, 0.6) is 0 Å². The van der Waals surface area contributed by atoms with Crippen molar-refractivity contribution in [2.24, 2.45) is 0 Å². The van der Waals surface area contributed by atoms with Gasteiger partial charge in [0, 0.05) is 13.2 Å². The van der Waals surface area contributed by atoms with Crippen LogP contribution in [-0.2, 0) is 9.47 Å². The van der Waals surface area contributed by atoms with Gasteiger partial charge in [-0.2, -0.15) is 0 Å². The molecule has 7 heteroatoms. The van der Waals surface area contributed by atoms with Crippen LogP contribution in [0.25, 0.3) is 0 Å². The molecule has 1 unspecified atom stereocenters. The summed E-state index contributed by atoms with van der Waals surface area (Å²) in [7, 11) is 0. The minimum absolute atomic E-state index is 0.127. The Balaban J connectivity index is 1.87. The zero-order chi connectivity index (χ0) is 14.6. The molecule has 0 amide bonds. The van der Waals surface area contributed by atoms with Crippen LogP contribution in [0.4, 0.5) is 5.69 Å². The summed E-state index contributed by atoms with van der Waals surface area (Å²) in [6.45, 7) is 5.34. The van der Waals surface area contributed by atoms with Gasteiger partial charge in [0.1, 0.15) is 0 Å². The van der Waals surface area contributed by atoms with Crippen LogP contribution in [0.15, 0.2) is 6.20 Å². The predicted molar refractivity (Wildman–Crippen MR) is 79.3 cm³/mol. The molecule has 1 N–H and O–H groups in total. The lowest BCUT2D eigenvalue weighted by atomic mass is 10.1. The quantitative estimate of drug-likeness (QED) is 0.664. The number of ether oxygens (including phenoxy) is 2. The summed E-state index contributed by atoms with van der Waals surface area (Å²) in [6.07, 6.45) is 4.62. The highest BCUT2D eigenvalue weighted by Gasteiger charge is 2.26. The number of hydrogen-bond acceptors (Lipinski definition) is 5. The Kier molecular flexibility index (Phi) is 5.43. The van der Waals surface area contributed by atoms with Crippen molar-refractivity contribution in [2.75, 3.05) is 18.5 Å². The van der Waals surface area contributed by atoms with E-state index in [9.17, 15) is 0 Å². The molecule has 0 aromatic carbocycles. The molecular weight excluding hydrogens is 301 g/mol. The first-order valence-electron chi connectivity index (χ1n) is 6.68. The lowest BCUT2D eigenvalue weighted by Gasteiger charge is -2.33. The molecule has 2 heterocycles. The number of nitrogens with zero attached hydrogens (tertiary/aromatic N) is 2. The van der Waals surface area contributed by atoms with E-state index in [0.29, 0.717) is 17.4 Å². The molecule has 5 nitrogen and oxygen atoms in total. The molecule has 2 rings (SSSR count). The monoisotopic (exact) mass is 319 g/mol. The Morgan fingerprint density at radius 1 is 1.45 bits per heavy atom. The number of aromatic nitrogens is 2. The first-order chi connectivity index (χ1) is 9.46. The fourth-order valence-electron chi connectivity index (χ4n) is 1.97. The highest BCUT2D eigenvalue weighted by Crippen LogP contribution is 2.23. The molecule has 1 aliphatic heterocycles. The molecule has 0 aliphatic carbocycles. The van der Waals surface area contributed by atoms with Gasteiger partial charge in [0.05, 0.1) is 17.5 Å². The van der Waals surface area contributed by atoms with Crippen LogP contribution in [0, 0.1) is 0 Å². The lowest BCUT2D eigenvalue weighted by Crippen LogP contribution is -2.39. The van der Waals surface area contributed by atoms with E-state index in [1.807, 2.05) is 13.8 Å². The van der Waals surface area contributed by atoms with E-state index in [-0.39, 0.29) is 17.2 Å². The molecule has 112 valence electrons. The van der Waals surface area contributed by atoms with Gasteiger partial charge in [0.2, 0.25) is 5.28 Å². The molecule has 1 aliphatic rings. The first-order valence-corrected chi connectivity index (χ1v) is 7.43. The molecule has 0 spiro atoms. The maximum absolute atomic E-state index is 5.99. The third-order valence-corrected chi connectivity index (χ3v) is 3.48. The Labute approximate surface area is 129 Å². The van der Waals surface area contributed by atoms with Crippen molar-refractivity contribution in [2.45, 2.75) is 45.0 Å². The molecule has 1 saturated heterocycles. The van der Waals surface area contributed by atoms with Crippen LogP contribution >= 0.6 is 23.2 Å². The number of nitrogens with one attached hydrogen (secondary N) is 1. The fourth-order valence-corrected chi connectivity index (χ4v) is 2.34. The molecule has 0 saturated carbocycles. The minimum Gasteiger partial charge on any atom is -0.378 e. The van der Waals surface area contributed by atoms with E-state index < -0.39 is 0 Å². The summed E-state index contributed by atoms with van der Waals surface area (Å²) in [4.78, 5) is 7.78. The standard InChI is InChI=1S/C13H19Cl2N3O2/c1-13(2,20-10-5-3-4-6-19-10)8-17-9-7-16-12(15)18-11(9)14/h7,10,17H,3-6,8H2,1-2H3. The van der Waals surface area contributed by atoms with Crippen LogP contribution in [0.2, 0.25) is 10.4 Å². The normalized spacial score (nSPS) is 19.9. The van der Waals surface area contributed by atoms with E-state index >= 15 is 0 Å². The Morgan fingerprint density at radius 2 is 2.25 bits per heavy atom. The third-order valence-electron chi connectivity index (χ3n) is 3.01. The van der Waals surface area contributed by atoms with Crippen molar-refractivity contribution in [1.29, 1.82) is 0 Å². The second kappa shape index (κ2) is 6.89. The molecule has 1 atom stereocenters. The van der Waals surface area contributed by atoms with Crippen molar-refractivity contribution in [3.8, 4) is 0 Å². The maximum Gasteiger partial charge on any atom is 0.223 e. The average molecular weight is 320 g/mol. The number of halogens is 2. The van der Waals surface area contributed by atoms with E-state index in [0.717, 1.165) is 25.9 Å². The Hall–Kier alpha value is -0.620. The summed E-state index contributed by atoms with van der Waals surface area (Å²) >= 11 is 11.6. The van der Waals surface area contributed by atoms with Crippen molar-refractivity contribution in [3.63, 3.8) is 0 Å². The van der Waals surface area contributed by atoms with Crippen LogP contribution in [0.3, 0.4) is 0 Å². The molecule has 1 aromatic heterocycles. The van der Waals surface area contributed by atoms with Gasteiger partial charge in [-0.15, -0.1) is 0 Å². The fraction of sp³-hybridized carbons (Fsp3) is 0.692. The highest BCUT2D eigenvalue weighted by molar-refractivity contribution is 6.33. The smallest absolute Gasteiger partial charge is 0.223 e. The maximum atomic E-state index is 5.99. The van der Waals surface area contributed by atoms with Crippen LogP contribution in [0.1, 0.15) is 33.1 Å². The van der Waals surface area contributed by atoms with Gasteiger partial charge < -0.3 is 14.8 Å². The van der Waals surface area contributed by atoms with Gasteiger partial charge in [-0.3, -0.25) is 0 Å². The molecule has 0 radical (unpaired) electrons. The summed E-state index contributed by atoms with van der Waals surface area (Å²) in [5.41, 5.74) is 0.252. The van der Waals surface area contributed by atoms with E-state index in [1.54, 1.807) is 6.20 Å². The van der Waals surface area contributed by atoms with E-state index in [1.165, 1.54) is 0 Å². The molecule has 0 bridgehead atoms. The van der Waals surface area contributed by atoms with Gasteiger partial charge in [-0.05, 0) is 44.7 Å². The number of anilines is 1. The number of hydrogen-bond donors (Lipinski definition) is 1. The largest absolute Gasteiger partial charge is 0.378 e. The van der Waals surface area contributed by atoms with Gasteiger partial charge in [-0.1, -0.05) is 11.6 Å². The second-order valence-electron chi connectivity index (χ2n) is 5.37. The second-order valence-corrected chi connectivity index (χ2v) is 6.07. The van der Waals surface area contributed by atoms with Crippen molar-refractivity contribution in [1.82, 2.24) is 9.97 Å². The average Bonchev–Trinajstić information content (AvgIpc) is 2.38. The van der Waals surface area contributed by atoms with E-state index in [4.69, 9.17) is 32.7 Å². The molecular formula is C13H19Cl2N3O2. The Bertz CT molecular complexity index is 451. The molecule has 20 heavy (non-hydrogen) atoms. The Morgan fingerprint density at radius 3 is 2.90 bits per heavy atom. The van der Waals surface area contributed by atoms with Crippen molar-refractivity contribution < 1.29 is 9.47 Å². The zero-order valence-electron chi connectivity index (χ0n) is 11.7. The summed E-state index contributed by atoms with van der Waals surface area (Å²) in [5.74, 6) is 0. The van der Waals surface area contributed by atoms with Crippen LogP contribution < -0.4 is 5.32 Å². The van der Waals surface area contributed by atoms with Gasteiger partial charge >= 0.3 is 0 Å². The highest BCUT2D eigenvalue weighted by atomic mass is 35.5. The van der Waals surface area contributed by atoms with Crippen molar-refractivity contribution >= 4 is 28.9 Å². The summed E-state index contributed by atoms with van der Waals surface area (Å²) < 4.78 is 11.6. The topological polar surface area (TPSA) is 56.3 Å². The number of rotatable bonds is 5. The zero-order valence-corrected chi connectivity index (χ0v) is 13.2. The van der Waals surface area contributed by atoms with Gasteiger partial charge in [0.25, 0.3) is 0 Å². The minimum atomic E-state index is -0.384. The predicted octanol–water partition coefficient (Wildman–Crippen LogP) is 3.52. The van der Waals surface area contributed by atoms with Gasteiger partial charge in [-0.25, -0.2) is 9.97 Å². The summed E-state index contributed by atoms with van der Waals surface area (Å²) in [6, 6.07) is 0. The SMILES string of the molecule is CC(C)(CNc1cnc(Cl)nc1Cl)OC1CCCCO1. The molecule has 1 aromatic rings.